The van der Waals surface area contributed by atoms with Gasteiger partial charge in [-0.25, -0.2) is 0 Å². The van der Waals surface area contributed by atoms with Crippen molar-refractivity contribution >= 4 is 0 Å². The summed E-state index contributed by atoms with van der Waals surface area (Å²) in [4.78, 5) is 2.73. The molecule has 4 rings (SSSR count). The summed E-state index contributed by atoms with van der Waals surface area (Å²) in [7, 11) is 3.44. The van der Waals surface area contributed by atoms with Crippen molar-refractivity contribution in [3.63, 3.8) is 0 Å². The van der Waals surface area contributed by atoms with E-state index in [-0.39, 0.29) is 0 Å². The van der Waals surface area contributed by atoms with Crippen LogP contribution in [0.5, 0.6) is 11.5 Å². The molecule has 0 radical (unpaired) electrons. The van der Waals surface area contributed by atoms with Gasteiger partial charge in [0.15, 0.2) is 11.5 Å². The molecule has 3 aliphatic rings. The molecule has 1 saturated heterocycles. The number of fused-ring (bicyclic) bond motifs is 2. The van der Waals surface area contributed by atoms with E-state index >= 15 is 0 Å². The minimum Gasteiger partial charge on any atom is -0.493 e. The van der Waals surface area contributed by atoms with E-state index in [1.54, 1.807) is 14.2 Å². The Morgan fingerprint density at radius 2 is 1.95 bits per heavy atom. The summed E-state index contributed by atoms with van der Waals surface area (Å²) in [6.07, 6.45) is 9.77. The monoisotopic (exact) mass is 285 g/mol. The van der Waals surface area contributed by atoms with Gasteiger partial charge in [0.25, 0.3) is 0 Å². The summed E-state index contributed by atoms with van der Waals surface area (Å²) in [5.74, 6) is 2.23. The van der Waals surface area contributed by atoms with E-state index in [1.807, 2.05) is 0 Å². The van der Waals surface area contributed by atoms with Crippen molar-refractivity contribution in [2.75, 3.05) is 27.3 Å². The van der Waals surface area contributed by atoms with E-state index in [4.69, 9.17) is 9.47 Å². The molecule has 2 atom stereocenters. The zero-order chi connectivity index (χ0) is 14.4. The van der Waals surface area contributed by atoms with Crippen molar-refractivity contribution < 1.29 is 9.47 Å². The molecule has 0 saturated carbocycles. The average Bonchev–Trinajstić information content (AvgIpc) is 3.10. The largest absolute Gasteiger partial charge is 0.493 e. The molecule has 112 valence electrons. The summed E-state index contributed by atoms with van der Waals surface area (Å²) in [5, 5.41) is 0. The molecular formula is C18H23NO2. The molecule has 0 aromatic heterocycles. The van der Waals surface area contributed by atoms with Crippen LogP contribution < -0.4 is 9.47 Å². The van der Waals surface area contributed by atoms with Gasteiger partial charge in [-0.1, -0.05) is 12.2 Å². The van der Waals surface area contributed by atoms with Crippen molar-refractivity contribution in [3.05, 3.63) is 35.4 Å². The Bertz CT molecular complexity index is 595. The van der Waals surface area contributed by atoms with E-state index in [0.29, 0.717) is 11.5 Å². The van der Waals surface area contributed by atoms with E-state index in [2.05, 4.69) is 29.2 Å². The van der Waals surface area contributed by atoms with Gasteiger partial charge < -0.3 is 9.47 Å². The highest BCUT2D eigenvalue weighted by Gasteiger charge is 2.49. The number of benzene rings is 1. The number of hydrogen-bond acceptors (Lipinski definition) is 3. The molecule has 3 heteroatoms. The quantitative estimate of drug-likeness (QED) is 0.779. The predicted molar refractivity (Wildman–Crippen MR) is 83.3 cm³/mol. The molecule has 1 aromatic carbocycles. The van der Waals surface area contributed by atoms with Gasteiger partial charge in [0.1, 0.15) is 0 Å². The number of hydrogen-bond donors (Lipinski definition) is 0. The zero-order valence-corrected chi connectivity index (χ0v) is 12.9. The Morgan fingerprint density at radius 1 is 1.14 bits per heavy atom. The molecule has 1 aromatic rings. The summed E-state index contributed by atoms with van der Waals surface area (Å²) < 4.78 is 11.0. The van der Waals surface area contributed by atoms with Crippen molar-refractivity contribution in [2.24, 2.45) is 0 Å². The standard InChI is InChI=1S/C18H23NO2/c1-20-16-11-13-6-10-19-9-4-8-18(19)7-3-5-15(18)14(13)12-17(16)21-2/h3,5,11-12,15H,4,6-10H2,1-2H3. The number of rotatable bonds is 2. The first kappa shape index (κ1) is 13.2. The van der Waals surface area contributed by atoms with Crippen molar-refractivity contribution in [2.45, 2.75) is 37.1 Å². The van der Waals surface area contributed by atoms with Gasteiger partial charge in [0, 0.05) is 18.0 Å². The van der Waals surface area contributed by atoms with Crippen molar-refractivity contribution in [1.29, 1.82) is 0 Å². The van der Waals surface area contributed by atoms with Crippen LogP contribution in [0.2, 0.25) is 0 Å². The SMILES string of the molecule is COc1cc2c(cc1OC)C1C=CCC13CCCN3CC2. The van der Waals surface area contributed by atoms with Gasteiger partial charge in [-0.05, 0) is 55.5 Å². The highest BCUT2D eigenvalue weighted by Crippen LogP contribution is 2.52. The fourth-order valence-electron chi connectivity index (χ4n) is 4.68. The van der Waals surface area contributed by atoms with E-state index in [9.17, 15) is 0 Å². The first-order valence-corrected chi connectivity index (χ1v) is 7.95. The van der Waals surface area contributed by atoms with Crippen LogP contribution in [-0.4, -0.2) is 37.7 Å². The first-order chi connectivity index (χ1) is 10.3. The Balaban J connectivity index is 1.86. The van der Waals surface area contributed by atoms with Crippen LogP contribution in [0.3, 0.4) is 0 Å². The topological polar surface area (TPSA) is 21.7 Å². The highest BCUT2D eigenvalue weighted by molar-refractivity contribution is 5.52. The second kappa shape index (κ2) is 4.77. The Morgan fingerprint density at radius 3 is 2.76 bits per heavy atom. The van der Waals surface area contributed by atoms with E-state index in [1.165, 1.54) is 43.5 Å². The van der Waals surface area contributed by atoms with Gasteiger partial charge >= 0.3 is 0 Å². The summed E-state index contributed by atoms with van der Waals surface area (Å²) in [6, 6.07) is 4.41. The zero-order valence-electron chi connectivity index (χ0n) is 12.9. The molecule has 0 N–H and O–H groups in total. The number of methoxy groups -OCH3 is 2. The fraction of sp³-hybridized carbons (Fsp3) is 0.556. The lowest BCUT2D eigenvalue weighted by molar-refractivity contribution is 0.140. The second-order valence-electron chi connectivity index (χ2n) is 6.46. The minimum absolute atomic E-state index is 0.338. The van der Waals surface area contributed by atoms with Crippen LogP contribution in [0.1, 0.15) is 36.3 Å². The lowest BCUT2D eigenvalue weighted by atomic mass is 9.79. The average molecular weight is 285 g/mol. The molecule has 21 heavy (non-hydrogen) atoms. The Labute approximate surface area is 126 Å². The lowest BCUT2D eigenvalue weighted by Crippen LogP contribution is -2.45. The second-order valence-corrected chi connectivity index (χ2v) is 6.46. The van der Waals surface area contributed by atoms with Gasteiger partial charge in [0.2, 0.25) is 0 Å². The van der Waals surface area contributed by atoms with Gasteiger partial charge in [-0.15, -0.1) is 0 Å². The number of ether oxygens (including phenoxy) is 2. The summed E-state index contributed by atoms with van der Waals surface area (Å²) in [5.41, 5.74) is 3.22. The summed E-state index contributed by atoms with van der Waals surface area (Å²) in [6.45, 7) is 2.42. The molecule has 3 nitrogen and oxygen atoms in total. The van der Waals surface area contributed by atoms with Crippen LogP contribution in [0, 0.1) is 0 Å². The molecule has 2 heterocycles. The molecule has 0 bridgehead atoms. The third-order valence-electron chi connectivity index (χ3n) is 5.68. The maximum atomic E-state index is 5.54. The third-order valence-corrected chi connectivity index (χ3v) is 5.68. The molecule has 1 aliphatic carbocycles. The molecule has 2 aliphatic heterocycles. The Kier molecular flexibility index (Phi) is 3.00. The predicted octanol–water partition coefficient (Wildman–Crippen LogP) is 3.14. The maximum Gasteiger partial charge on any atom is 0.161 e. The lowest BCUT2D eigenvalue weighted by Gasteiger charge is -2.39. The van der Waals surface area contributed by atoms with Crippen molar-refractivity contribution in [1.82, 2.24) is 4.90 Å². The highest BCUT2D eigenvalue weighted by atomic mass is 16.5. The van der Waals surface area contributed by atoms with Gasteiger partial charge in [-0.2, -0.15) is 0 Å². The van der Waals surface area contributed by atoms with Crippen LogP contribution in [0.25, 0.3) is 0 Å². The fourth-order valence-corrected chi connectivity index (χ4v) is 4.68. The number of nitrogens with zero attached hydrogens (tertiary/aromatic N) is 1. The normalized spacial score (nSPS) is 30.5. The van der Waals surface area contributed by atoms with Crippen LogP contribution in [0.4, 0.5) is 0 Å². The molecule has 1 spiro atoms. The molecule has 1 fully saturated rings. The molecular weight excluding hydrogens is 262 g/mol. The summed E-state index contributed by atoms with van der Waals surface area (Å²) >= 11 is 0. The van der Waals surface area contributed by atoms with Crippen molar-refractivity contribution in [3.8, 4) is 11.5 Å². The molecule has 2 unspecified atom stereocenters. The van der Waals surface area contributed by atoms with Gasteiger partial charge in [0.05, 0.1) is 14.2 Å². The minimum atomic E-state index is 0.338. The third kappa shape index (κ3) is 1.76. The van der Waals surface area contributed by atoms with Gasteiger partial charge in [-0.3, -0.25) is 4.90 Å². The maximum absolute atomic E-state index is 5.54. The van der Waals surface area contributed by atoms with E-state index < -0.39 is 0 Å². The first-order valence-electron chi connectivity index (χ1n) is 7.95. The van der Waals surface area contributed by atoms with Crippen LogP contribution >= 0.6 is 0 Å². The smallest absolute Gasteiger partial charge is 0.161 e. The van der Waals surface area contributed by atoms with E-state index in [0.717, 1.165) is 17.9 Å². The molecule has 0 amide bonds. The Hall–Kier alpha value is -1.48. The van der Waals surface area contributed by atoms with Crippen LogP contribution in [-0.2, 0) is 6.42 Å². The van der Waals surface area contributed by atoms with Crippen LogP contribution in [0.15, 0.2) is 24.3 Å².